The molecule has 8 heteroatoms. The Balaban J connectivity index is 3.64. The van der Waals surface area contributed by atoms with E-state index in [2.05, 4.69) is 0 Å². The van der Waals surface area contributed by atoms with Crippen LogP contribution in [-0.2, 0) is 16.5 Å². The number of nitrogens with two attached hydrogens (primary N) is 1. The lowest BCUT2D eigenvalue weighted by molar-refractivity contribution is -0.138. The summed E-state index contributed by atoms with van der Waals surface area (Å²) in [5, 5.41) is 9.48. The van der Waals surface area contributed by atoms with Crippen LogP contribution in [0.3, 0.4) is 0 Å². The van der Waals surface area contributed by atoms with Gasteiger partial charge in [-0.15, -0.1) is 0 Å². The van der Waals surface area contributed by atoms with Crippen LogP contribution in [0, 0.1) is 0 Å². The Kier molecular flexibility index (Phi) is 4.70. The van der Waals surface area contributed by atoms with Crippen LogP contribution in [-0.4, -0.2) is 27.5 Å². The second-order valence-corrected chi connectivity index (χ2v) is 6.30. The van der Waals surface area contributed by atoms with Crippen molar-refractivity contribution in [2.75, 3.05) is 0 Å². The molecule has 128 valence electrons. The monoisotopic (exact) mass is 332 g/mol. The summed E-state index contributed by atoms with van der Waals surface area (Å²) < 4.78 is 38.7. The van der Waals surface area contributed by atoms with Gasteiger partial charge in [-0.05, 0) is 45.4 Å². The molecule has 0 saturated heterocycles. The largest absolute Gasteiger partial charge is 0.465 e. The standard InChI is InChI=1S/C15H19F3N2O3/c1-13(2,3)20(12(22)23)14(4,11(19)21)9-6-5-7-10(8-9)15(16,17)18/h5-8H,1-4H3,(H2,19,21)(H,22,23)/t14-/m1/s1. The van der Waals surface area contributed by atoms with E-state index in [1.54, 1.807) is 0 Å². The quantitative estimate of drug-likeness (QED) is 0.891. The van der Waals surface area contributed by atoms with Crippen molar-refractivity contribution in [1.82, 2.24) is 4.90 Å². The zero-order valence-corrected chi connectivity index (χ0v) is 13.2. The summed E-state index contributed by atoms with van der Waals surface area (Å²) in [4.78, 5) is 24.4. The number of alkyl halides is 3. The van der Waals surface area contributed by atoms with Crippen molar-refractivity contribution < 1.29 is 27.9 Å². The van der Waals surface area contributed by atoms with Crippen molar-refractivity contribution in [2.24, 2.45) is 5.73 Å². The first-order valence-electron chi connectivity index (χ1n) is 6.73. The molecule has 0 bridgehead atoms. The van der Waals surface area contributed by atoms with Crippen molar-refractivity contribution in [3.63, 3.8) is 0 Å². The topological polar surface area (TPSA) is 83.6 Å². The van der Waals surface area contributed by atoms with Gasteiger partial charge in [-0.3, -0.25) is 9.69 Å². The van der Waals surface area contributed by atoms with Crippen molar-refractivity contribution in [2.45, 2.75) is 44.9 Å². The number of carbonyl (C=O) groups excluding carboxylic acids is 1. The molecule has 0 radical (unpaired) electrons. The van der Waals surface area contributed by atoms with Gasteiger partial charge >= 0.3 is 12.3 Å². The van der Waals surface area contributed by atoms with Gasteiger partial charge in [0.1, 0.15) is 5.54 Å². The summed E-state index contributed by atoms with van der Waals surface area (Å²) in [5.74, 6) is -1.06. The van der Waals surface area contributed by atoms with E-state index in [1.165, 1.54) is 33.8 Å². The SMILES string of the molecule is CC(C)(C)N(C(=O)O)[C@@](C)(C(N)=O)c1cccc(C(F)(F)F)c1. The van der Waals surface area contributed by atoms with E-state index in [9.17, 15) is 27.9 Å². The molecule has 0 saturated carbocycles. The Morgan fingerprint density at radius 1 is 1.09 bits per heavy atom. The van der Waals surface area contributed by atoms with E-state index in [0.29, 0.717) is 0 Å². The molecule has 23 heavy (non-hydrogen) atoms. The van der Waals surface area contributed by atoms with Gasteiger partial charge in [-0.25, -0.2) is 4.79 Å². The van der Waals surface area contributed by atoms with E-state index in [4.69, 9.17) is 5.73 Å². The van der Waals surface area contributed by atoms with Gasteiger partial charge in [-0.2, -0.15) is 13.2 Å². The fraction of sp³-hybridized carbons (Fsp3) is 0.467. The summed E-state index contributed by atoms with van der Waals surface area (Å²) in [6.45, 7) is 5.77. The van der Waals surface area contributed by atoms with E-state index in [0.717, 1.165) is 23.1 Å². The molecule has 0 unspecified atom stereocenters. The van der Waals surface area contributed by atoms with Gasteiger partial charge in [0.25, 0.3) is 0 Å². The number of rotatable bonds is 3. The molecule has 1 rings (SSSR count). The molecular formula is C15H19F3N2O3. The molecule has 0 heterocycles. The average molecular weight is 332 g/mol. The first kappa shape index (κ1) is 18.8. The summed E-state index contributed by atoms with van der Waals surface area (Å²) in [6, 6.07) is 3.95. The molecule has 2 amide bonds. The van der Waals surface area contributed by atoms with Crippen molar-refractivity contribution >= 4 is 12.0 Å². The fourth-order valence-electron chi connectivity index (χ4n) is 2.53. The number of nitrogens with zero attached hydrogens (tertiary/aromatic N) is 1. The molecule has 1 atom stereocenters. The van der Waals surface area contributed by atoms with Gasteiger partial charge < -0.3 is 10.8 Å². The maximum Gasteiger partial charge on any atom is 0.416 e. The fourth-order valence-corrected chi connectivity index (χ4v) is 2.53. The normalized spacial score (nSPS) is 14.9. The average Bonchev–Trinajstić information content (AvgIpc) is 2.35. The summed E-state index contributed by atoms with van der Waals surface area (Å²) >= 11 is 0. The third kappa shape index (κ3) is 3.57. The molecule has 0 aliphatic carbocycles. The third-order valence-corrected chi connectivity index (χ3v) is 3.54. The molecule has 0 fully saturated rings. The second kappa shape index (κ2) is 5.75. The van der Waals surface area contributed by atoms with E-state index >= 15 is 0 Å². The van der Waals surface area contributed by atoms with Crippen molar-refractivity contribution in [1.29, 1.82) is 0 Å². The number of hydrogen-bond acceptors (Lipinski definition) is 2. The van der Waals surface area contributed by atoms with Crippen LogP contribution in [0.2, 0.25) is 0 Å². The number of amides is 2. The highest BCUT2D eigenvalue weighted by Crippen LogP contribution is 2.37. The summed E-state index contributed by atoms with van der Waals surface area (Å²) in [6.07, 6.45) is -6.08. The molecule has 1 aromatic carbocycles. The highest BCUT2D eigenvalue weighted by molar-refractivity contribution is 5.89. The molecule has 5 nitrogen and oxygen atoms in total. The van der Waals surface area contributed by atoms with Gasteiger partial charge in [0.05, 0.1) is 5.56 Å². The maximum absolute atomic E-state index is 12.9. The molecular weight excluding hydrogens is 313 g/mol. The number of hydrogen-bond donors (Lipinski definition) is 2. The van der Waals surface area contributed by atoms with Crippen LogP contribution >= 0.6 is 0 Å². The van der Waals surface area contributed by atoms with Crippen LogP contribution < -0.4 is 5.73 Å². The van der Waals surface area contributed by atoms with Crippen LogP contribution in [0.4, 0.5) is 18.0 Å². The first-order chi connectivity index (χ1) is 10.2. The predicted octanol–water partition coefficient (Wildman–Crippen LogP) is 3.18. The lowest BCUT2D eigenvalue weighted by Gasteiger charge is -2.45. The predicted molar refractivity (Wildman–Crippen MR) is 77.6 cm³/mol. The molecule has 0 aromatic heterocycles. The molecule has 1 aromatic rings. The van der Waals surface area contributed by atoms with Gasteiger partial charge in [-0.1, -0.05) is 12.1 Å². The molecule has 0 aliphatic heterocycles. The number of benzene rings is 1. The number of halogens is 3. The van der Waals surface area contributed by atoms with Crippen LogP contribution in [0.15, 0.2) is 24.3 Å². The van der Waals surface area contributed by atoms with E-state index < -0.39 is 34.8 Å². The zero-order chi connectivity index (χ0) is 18.2. The van der Waals surface area contributed by atoms with Crippen LogP contribution in [0.1, 0.15) is 38.8 Å². The number of primary amides is 1. The second-order valence-electron chi connectivity index (χ2n) is 6.30. The van der Waals surface area contributed by atoms with Gasteiger partial charge in [0.2, 0.25) is 5.91 Å². The highest BCUT2D eigenvalue weighted by Gasteiger charge is 2.48. The van der Waals surface area contributed by atoms with Gasteiger partial charge in [0, 0.05) is 5.54 Å². The van der Waals surface area contributed by atoms with Crippen molar-refractivity contribution in [3.05, 3.63) is 35.4 Å². The smallest absolute Gasteiger partial charge is 0.416 e. The Morgan fingerprint density at radius 2 is 1.57 bits per heavy atom. The minimum absolute atomic E-state index is 0.142. The maximum atomic E-state index is 12.9. The number of carboxylic acid groups (broad SMARTS) is 1. The zero-order valence-electron chi connectivity index (χ0n) is 13.2. The molecule has 0 spiro atoms. The Bertz CT molecular complexity index is 623. The van der Waals surface area contributed by atoms with E-state index in [-0.39, 0.29) is 5.56 Å². The van der Waals surface area contributed by atoms with E-state index in [1.807, 2.05) is 0 Å². The van der Waals surface area contributed by atoms with Gasteiger partial charge in [0.15, 0.2) is 0 Å². The molecule has 0 aliphatic rings. The molecule has 3 N–H and O–H groups in total. The Morgan fingerprint density at radius 3 is 1.91 bits per heavy atom. The first-order valence-corrected chi connectivity index (χ1v) is 6.73. The lowest BCUT2D eigenvalue weighted by atomic mass is 9.85. The minimum Gasteiger partial charge on any atom is -0.465 e. The van der Waals surface area contributed by atoms with Crippen LogP contribution in [0.5, 0.6) is 0 Å². The summed E-state index contributed by atoms with van der Waals surface area (Å²) in [7, 11) is 0. The Hall–Kier alpha value is -2.25. The summed E-state index contributed by atoms with van der Waals surface area (Å²) in [5.41, 5.74) is 1.23. The minimum atomic E-state index is -4.62. The Labute approximate surface area is 131 Å². The van der Waals surface area contributed by atoms with Crippen molar-refractivity contribution in [3.8, 4) is 0 Å². The lowest BCUT2D eigenvalue weighted by Crippen LogP contribution is -2.61. The van der Waals surface area contributed by atoms with Crippen LogP contribution in [0.25, 0.3) is 0 Å². The number of carbonyl (C=O) groups is 2. The third-order valence-electron chi connectivity index (χ3n) is 3.54. The highest BCUT2D eigenvalue weighted by atomic mass is 19.4.